The highest BCUT2D eigenvalue weighted by Crippen LogP contribution is 2.26. The van der Waals surface area contributed by atoms with Gasteiger partial charge in [0.15, 0.2) is 0 Å². The molecular formula is C13H8F3N3. The Labute approximate surface area is 106 Å². The molecule has 0 saturated carbocycles. The molecule has 0 N–H and O–H groups in total. The van der Waals surface area contributed by atoms with Crippen molar-refractivity contribution in [2.24, 2.45) is 10.2 Å². The van der Waals surface area contributed by atoms with E-state index in [1.165, 1.54) is 0 Å². The molecule has 0 aliphatic carbocycles. The van der Waals surface area contributed by atoms with E-state index in [0.717, 1.165) is 10.8 Å². The summed E-state index contributed by atoms with van der Waals surface area (Å²) in [5, 5.41) is 8.53. The average Bonchev–Trinajstić information content (AvgIpc) is 2.87. The lowest BCUT2D eigenvalue weighted by Crippen LogP contribution is -2.23. The molecule has 1 aliphatic heterocycles. The third-order valence-electron chi connectivity index (χ3n) is 2.90. The van der Waals surface area contributed by atoms with Gasteiger partial charge in [-0.25, -0.2) is 0 Å². The first-order valence-electron chi connectivity index (χ1n) is 5.60. The second-order valence-electron chi connectivity index (χ2n) is 4.15. The van der Waals surface area contributed by atoms with E-state index in [-0.39, 0.29) is 12.1 Å². The van der Waals surface area contributed by atoms with E-state index in [4.69, 9.17) is 0 Å². The quantitative estimate of drug-likeness (QED) is 0.777. The number of aromatic nitrogens is 1. The molecular weight excluding hydrogens is 255 g/mol. The SMILES string of the molecule is FC(F)(F)C1=NN=C(c2nccc3ccccc23)C1. The molecule has 1 aromatic carbocycles. The smallest absolute Gasteiger partial charge is 0.254 e. The van der Waals surface area contributed by atoms with Gasteiger partial charge in [0.2, 0.25) is 0 Å². The van der Waals surface area contributed by atoms with Gasteiger partial charge in [0.1, 0.15) is 5.71 Å². The lowest BCUT2D eigenvalue weighted by atomic mass is 10.0. The van der Waals surface area contributed by atoms with Gasteiger partial charge in [0.05, 0.1) is 11.4 Å². The van der Waals surface area contributed by atoms with E-state index in [9.17, 15) is 13.2 Å². The summed E-state index contributed by atoms with van der Waals surface area (Å²) < 4.78 is 37.6. The second-order valence-corrected chi connectivity index (χ2v) is 4.15. The van der Waals surface area contributed by atoms with E-state index in [2.05, 4.69) is 15.2 Å². The highest BCUT2D eigenvalue weighted by molar-refractivity contribution is 6.19. The summed E-state index contributed by atoms with van der Waals surface area (Å²) in [6.45, 7) is 0. The fraction of sp³-hybridized carbons (Fsp3) is 0.154. The Morgan fingerprint density at radius 3 is 2.53 bits per heavy atom. The number of hydrogen-bond donors (Lipinski definition) is 0. The molecule has 0 fully saturated rings. The van der Waals surface area contributed by atoms with Gasteiger partial charge in [-0.15, -0.1) is 5.10 Å². The minimum Gasteiger partial charge on any atom is -0.254 e. The Hall–Kier alpha value is -2.24. The highest BCUT2D eigenvalue weighted by atomic mass is 19.4. The van der Waals surface area contributed by atoms with Crippen LogP contribution in [0.25, 0.3) is 10.8 Å². The largest absolute Gasteiger partial charge is 0.431 e. The van der Waals surface area contributed by atoms with Crippen molar-refractivity contribution in [2.45, 2.75) is 12.6 Å². The monoisotopic (exact) mass is 263 g/mol. The molecule has 1 aliphatic rings. The third-order valence-corrected chi connectivity index (χ3v) is 2.90. The van der Waals surface area contributed by atoms with E-state index in [1.54, 1.807) is 12.3 Å². The van der Waals surface area contributed by atoms with E-state index in [1.807, 2.05) is 24.3 Å². The lowest BCUT2D eigenvalue weighted by Gasteiger charge is -2.06. The first-order valence-corrected chi connectivity index (χ1v) is 5.60. The van der Waals surface area contributed by atoms with Crippen LogP contribution in [0.15, 0.2) is 46.7 Å². The predicted octanol–water partition coefficient (Wildman–Crippen LogP) is 3.35. The van der Waals surface area contributed by atoms with Gasteiger partial charge in [-0.3, -0.25) is 4.98 Å². The maximum absolute atomic E-state index is 12.5. The molecule has 3 nitrogen and oxygen atoms in total. The number of pyridine rings is 1. The molecule has 0 spiro atoms. The van der Waals surface area contributed by atoms with Crippen molar-refractivity contribution in [3.05, 3.63) is 42.2 Å². The Kier molecular flexibility index (Phi) is 2.58. The molecule has 0 bridgehead atoms. The highest BCUT2D eigenvalue weighted by Gasteiger charge is 2.39. The number of halogens is 3. The van der Waals surface area contributed by atoms with Gasteiger partial charge in [-0.2, -0.15) is 18.3 Å². The maximum Gasteiger partial charge on any atom is 0.431 e. The summed E-state index contributed by atoms with van der Waals surface area (Å²) in [4.78, 5) is 4.13. The van der Waals surface area contributed by atoms with Crippen molar-refractivity contribution in [1.29, 1.82) is 0 Å². The van der Waals surface area contributed by atoms with Crippen molar-refractivity contribution in [3.63, 3.8) is 0 Å². The van der Waals surface area contributed by atoms with Gasteiger partial charge in [0, 0.05) is 18.0 Å². The number of alkyl halides is 3. The summed E-state index contributed by atoms with van der Waals surface area (Å²) >= 11 is 0. The van der Waals surface area contributed by atoms with Crippen molar-refractivity contribution in [1.82, 2.24) is 4.98 Å². The fourth-order valence-electron chi connectivity index (χ4n) is 1.99. The molecule has 3 rings (SSSR count). The van der Waals surface area contributed by atoms with Gasteiger partial charge in [-0.1, -0.05) is 24.3 Å². The van der Waals surface area contributed by atoms with Gasteiger partial charge in [0.25, 0.3) is 0 Å². The molecule has 0 unspecified atom stereocenters. The number of nitrogens with zero attached hydrogens (tertiary/aromatic N) is 3. The molecule has 19 heavy (non-hydrogen) atoms. The van der Waals surface area contributed by atoms with Crippen LogP contribution >= 0.6 is 0 Å². The number of rotatable bonds is 1. The average molecular weight is 263 g/mol. The van der Waals surface area contributed by atoms with Gasteiger partial charge in [-0.05, 0) is 11.5 Å². The molecule has 0 amide bonds. The van der Waals surface area contributed by atoms with Crippen LogP contribution < -0.4 is 0 Å². The minimum absolute atomic E-state index is 0.254. The molecule has 0 radical (unpaired) electrons. The Morgan fingerprint density at radius 2 is 1.79 bits per heavy atom. The molecule has 96 valence electrons. The zero-order valence-corrected chi connectivity index (χ0v) is 9.65. The van der Waals surface area contributed by atoms with Crippen LogP contribution in [0.2, 0.25) is 0 Å². The zero-order chi connectivity index (χ0) is 13.5. The topological polar surface area (TPSA) is 37.6 Å². The van der Waals surface area contributed by atoms with Crippen LogP contribution in [0.3, 0.4) is 0 Å². The summed E-state index contributed by atoms with van der Waals surface area (Å²) in [6, 6.07) is 9.17. The Balaban J connectivity index is 2.00. The fourth-order valence-corrected chi connectivity index (χ4v) is 1.99. The lowest BCUT2D eigenvalue weighted by molar-refractivity contribution is -0.0596. The molecule has 0 saturated heterocycles. The molecule has 2 aromatic rings. The van der Waals surface area contributed by atoms with Gasteiger partial charge >= 0.3 is 6.18 Å². The minimum atomic E-state index is -4.43. The summed E-state index contributed by atoms with van der Waals surface area (Å²) in [7, 11) is 0. The molecule has 2 heterocycles. The molecule has 6 heteroatoms. The van der Waals surface area contributed by atoms with Crippen LogP contribution in [0.4, 0.5) is 13.2 Å². The van der Waals surface area contributed by atoms with Crippen LogP contribution in [-0.4, -0.2) is 22.6 Å². The predicted molar refractivity (Wildman–Crippen MR) is 66.4 cm³/mol. The first-order chi connectivity index (χ1) is 9.05. The van der Waals surface area contributed by atoms with Gasteiger partial charge < -0.3 is 0 Å². The van der Waals surface area contributed by atoms with Crippen molar-refractivity contribution in [3.8, 4) is 0 Å². The first kappa shape index (κ1) is 11.8. The maximum atomic E-state index is 12.5. The van der Waals surface area contributed by atoms with E-state index in [0.29, 0.717) is 5.69 Å². The zero-order valence-electron chi connectivity index (χ0n) is 9.65. The second kappa shape index (κ2) is 4.15. The van der Waals surface area contributed by atoms with Crippen LogP contribution in [0.1, 0.15) is 12.1 Å². The van der Waals surface area contributed by atoms with Crippen LogP contribution in [-0.2, 0) is 0 Å². The number of benzene rings is 1. The normalized spacial score (nSPS) is 15.5. The third kappa shape index (κ3) is 2.09. The van der Waals surface area contributed by atoms with Crippen molar-refractivity contribution >= 4 is 22.2 Å². The molecule has 1 aromatic heterocycles. The Morgan fingerprint density at radius 1 is 1.00 bits per heavy atom. The van der Waals surface area contributed by atoms with Crippen molar-refractivity contribution < 1.29 is 13.2 Å². The summed E-state index contributed by atoms with van der Waals surface area (Å²) in [5.41, 5.74) is -0.164. The summed E-state index contributed by atoms with van der Waals surface area (Å²) in [5.74, 6) is 0. The van der Waals surface area contributed by atoms with Crippen molar-refractivity contribution in [2.75, 3.05) is 0 Å². The number of hydrogen-bond acceptors (Lipinski definition) is 3. The Bertz CT molecular complexity index is 696. The van der Waals surface area contributed by atoms with Crippen LogP contribution in [0, 0.1) is 0 Å². The number of fused-ring (bicyclic) bond motifs is 1. The molecule has 0 atom stereocenters. The standard InChI is InChI=1S/C13H8F3N3/c14-13(15,16)11-7-10(18-19-11)12-9-4-2-1-3-8(9)5-6-17-12/h1-6H,7H2. The van der Waals surface area contributed by atoms with Crippen LogP contribution in [0.5, 0.6) is 0 Å². The van der Waals surface area contributed by atoms with E-state index < -0.39 is 11.9 Å². The van der Waals surface area contributed by atoms with E-state index >= 15 is 0 Å². The summed E-state index contributed by atoms with van der Waals surface area (Å²) in [6.07, 6.45) is -3.20.